The van der Waals surface area contributed by atoms with Gasteiger partial charge in [-0.1, -0.05) is 187 Å². The Morgan fingerprint density at radius 2 is 0.836 bits per heavy atom. The Bertz CT molecular complexity index is 3230. The molecule has 0 radical (unpaired) electrons. The Kier molecular flexibility index (Phi) is 9.91. The molecule has 0 fully saturated rings. The van der Waals surface area contributed by atoms with Crippen molar-refractivity contribution in [1.82, 2.24) is 0 Å². The van der Waals surface area contributed by atoms with Crippen LogP contribution in [0.2, 0.25) is 0 Å². The lowest BCUT2D eigenvalue weighted by molar-refractivity contribution is -0.384. The van der Waals surface area contributed by atoms with E-state index in [-0.39, 0.29) is 21.4 Å². The summed E-state index contributed by atoms with van der Waals surface area (Å²) in [7, 11) is 0. The zero-order valence-corrected chi connectivity index (χ0v) is 35.3. The van der Waals surface area contributed by atoms with Crippen molar-refractivity contribution in [2.75, 3.05) is 0 Å². The van der Waals surface area contributed by atoms with Gasteiger partial charge in [-0.05, 0) is 73.5 Å². The number of benzene rings is 8. The monoisotopic (exact) mass is 797 g/mol. The number of para-hydroxylation sites is 2. The van der Waals surface area contributed by atoms with Gasteiger partial charge in [0, 0.05) is 38.7 Å². The fourth-order valence-corrected chi connectivity index (χ4v) is 8.53. The molecule has 0 amide bonds. The highest BCUT2D eigenvalue weighted by Gasteiger charge is 2.26. The Labute approximate surface area is 356 Å². The molecule has 61 heavy (non-hydrogen) atoms. The lowest BCUT2D eigenvalue weighted by Gasteiger charge is -2.20. The van der Waals surface area contributed by atoms with Crippen molar-refractivity contribution in [3.05, 3.63) is 197 Å². The van der Waals surface area contributed by atoms with Crippen molar-refractivity contribution in [3.8, 4) is 44.5 Å². The van der Waals surface area contributed by atoms with E-state index in [0.29, 0.717) is 5.58 Å². The van der Waals surface area contributed by atoms with Crippen LogP contribution in [0.4, 0.5) is 5.69 Å². The maximum atomic E-state index is 11.6. The summed E-state index contributed by atoms with van der Waals surface area (Å²) < 4.78 is 12.7. The van der Waals surface area contributed by atoms with E-state index in [4.69, 9.17) is 8.83 Å². The predicted molar refractivity (Wildman–Crippen MR) is 253 cm³/mol. The maximum Gasteiger partial charge on any atom is 0.273 e. The van der Waals surface area contributed by atoms with Gasteiger partial charge in [0.25, 0.3) is 5.69 Å². The summed E-state index contributed by atoms with van der Waals surface area (Å²) in [4.78, 5) is 11.2. The van der Waals surface area contributed by atoms with Crippen molar-refractivity contribution in [3.63, 3.8) is 0 Å². The molecule has 5 heteroatoms. The normalized spacial score (nSPS) is 11.9. The summed E-state index contributed by atoms with van der Waals surface area (Å²) in [6, 6.07) is 60.0. The maximum absolute atomic E-state index is 11.6. The first-order chi connectivity index (χ1) is 29.3. The van der Waals surface area contributed by atoms with Gasteiger partial charge >= 0.3 is 0 Å². The second-order valence-electron chi connectivity index (χ2n) is 17.8. The molecule has 2 aromatic heterocycles. The molecule has 0 aliphatic heterocycles. The van der Waals surface area contributed by atoms with Gasteiger partial charge in [0.2, 0.25) is 0 Å². The van der Waals surface area contributed by atoms with E-state index in [9.17, 15) is 10.1 Å². The third-order valence-corrected chi connectivity index (χ3v) is 11.5. The van der Waals surface area contributed by atoms with E-state index >= 15 is 0 Å². The SMILES string of the molecule is CC(C)(C)c1cc([N+](=O)[O-])cc2oc3c(-c4cccc(-c5ccccc5)c4)cccc3c12.CC(C)(C)c1cccc2oc3c(-c4cccc(-c5ccccc5)c4)cccc3c12. The van der Waals surface area contributed by atoms with Crippen LogP contribution in [-0.4, -0.2) is 4.92 Å². The van der Waals surface area contributed by atoms with Gasteiger partial charge in [0.1, 0.15) is 22.3 Å². The van der Waals surface area contributed by atoms with E-state index in [2.05, 4.69) is 163 Å². The number of non-ortho nitro benzene ring substituents is 1. The first kappa shape index (κ1) is 39.2. The van der Waals surface area contributed by atoms with E-state index in [1.807, 2.05) is 42.5 Å². The summed E-state index contributed by atoms with van der Waals surface area (Å²) in [5.41, 5.74) is 14.3. The van der Waals surface area contributed by atoms with Gasteiger partial charge in [-0.15, -0.1) is 0 Å². The minimum atomic E-state index is -0.355. The molecule has 0 atom stereocenters. The average molecular weight is 798 g/mol. The number of fused-ring (bicyclic) bond motifs is 6. The number of rotatable bonds is 5. The van der Waals surface area contributed by atoms with Gasteiger partial charge < -0.3 is 8.83 Å². The molecule has 10 rings (SSSR count). The summed E-state index contributed by atoms with van der Waals surface area (Å²) in [5.74, 6) is 0. The van der Waals surface area contributed by atoms with Crippen molar-refractivity contribution in [2.24, 2.45) is 0 Å². The molecule has 300 valence electrons. The molecule has 0 unspecified atom stereocenters. The van der Waals surface area contributed by atoms with Crippen molar-refractivity contribution in [2.45, 2.75) is 52.4 Å². The Morgan fingerprint density at radius 1 is 0.410 bits per heavy atom. The second-order valence-corrected chi connectivity index (χ2v) is 17.8. The topological polar surface area (TPSA) is 69.4 Å². The Morgan fingerprint density at radius 3 is 1.33 bits per heavy atom. The molecule has 0 aliphatic rings. The highest BCUT2D eigenvalue weighted by atomic mass is 16.6. The quantitative estimate of drug-likeness (QED) is 0.128. The van der Waals surface area contributed by atoms with Crippen LogP contribution >= 0.6 is 0 Å². The van der Waals surface area contributed by atoms with Crippen molar-refractivity contribution < 1.29 is 13.8 Å². The number of hydrogen-bond acceptors (Lipinski definition) is 4. The Balaban J connectivity index is 0.000000157. The molecule has 5 nitrogen and oxygen atoms in total. The van der Waals surface area contributed by atoms with Crippen LogP contribution in [0.15, 0.2) is 185 Å². The number of nitro groups is 1. The Hall–Kier alpha value is -7.24. The number of hydrogen-bond donors (Lipinski definition) is 0. The first-order valence-corrected chi connectivity index (χ1v) is 20.8. The van der Waals surface area contributed by atoms with Crippen molar-refractivity contribution >= 4 is 49.6 Å². The van der Waals surface area contributed by atoms with Crippen LogP contribution in [-0.2, 0) is 10.8 Å². The third kappa shape index (κ3) is 7.49. The van der Waals surface area contributed by atoms with Crippen LogP contribution < -0.4 is 0 Å². The van der Waals surface area contributed by atoms with E-state index in [1.54, 1.807) is 6.07 Å². The highest BCUT2D eigenvalue weighted by Crippen LogP contribution is 2.44. The molecule has 0 saturated heterocycles. The fourth-order valence-electron chi connectivity index (χ4n) is 8.53. The summed E-state index contributed by atoms with van der Waals surface area (Å²) in [6.45, 7) is 13.0. The number of furan rings is 2. The van der Waals surface area contributed by atoms with Crippen LogP contribution in [0, 0.1) is 10.1 Å². The smallest absolute Gasteiger partial charge is 0.273 e. The summed E-state index contributed by atoms with van der Waals surface area (Å²) >= 11 is 0. The number of nitrogens with zero attached hydrogens (tertiary/aromatic N) is 1. The molecule has 0 spiro atoms. The van der Waals surface area contributed by atoms with E-state index < -0.39 is 0 Å². The van der Waals surface area contributed by atoms with Gasteiger partial charge in [-0.2, -0.15) is 0 Å². The van der Waals surface area contributed by atoms with Gasteiger partial charge in [-0.3, -0.25) is 10.1 Å². The zero-order valence-electron chi connectivity index (χ0n) is 35.3. The van der Waals surface area contributed by atoms with Gasteiger partial charge in [-0.25, -0.2) is 0 Å². The molecule has 0 N–H and O–H groups in total. The lowest BCUT2D eigenvalue weighted by Crippen LogP contribution is -2.12. The van der Waals surface area contributed by atoms with Crippen LogP contribution in [0.25, 0.3) is 88.4 Å². The van der Waals surface area contributed by atoms with Gasteiger partial charge in [0.05, 0.1) is 11.0 Å². The fraction of sp³-hybridized carbons (Fsp3) is 0.143. The van der Waals surface area contributed by atoms with Gasteiger partial charge in [0.15, 0.2) is 0 Å². The first-order valence-electron chi connectivity index (χ1n) is 20.8. The second kappa shape index (κ2) is 15.4. The molecule has 8 aromatic carbocycles. The van der Waals surface area contributed by atoms with E-state index in [1.165, 1.54) is 39.1 Å². The minimum absolute atomic E-state index is 0.0501. The highest BCUT2D eigenvalue weighted by molar-refractivity contribution is 6.13. The van der Waals surface area contributed by atoms with Crippen molar-refractivity contribution in [1.29, 1.82) is 0 Å². The molecule has 2 heterocycles. The van der Waals surface area contributed by atoms with E-state index in [0.717, 1.165) is 60.9 Å². The minimum Gasteiger partial charge on any atom is -0.455 e. The van der Waals surface area contributed by atoms with Crippen LogP contribution in [0.3, 0.4) is 0 Å². The largest absolute Gasteiger partial charge is 0.455 e. The average Bonchev–Trinajstić information content (AvgIpc) is 3.85. The molecular weight excluding hydrogens is 751 g/mol. The third-order valence-electron chi connectivity index (χ3n) is 11.5. The molecular formula is C56H47NO4. The summed E-state index contributed by atoms with van der Waals surface area (Å²) in [5, 5.41) is 15.9. The standard InChI is InChI=1S/C28H23NO3.C28H24O/c1-28(2,3)24-16-21(29(30)31)17-25-26(24)23-14-8-13-22(27(23)32-25)20-12-7-11-19(15-20)18-9-5-4-6-10-18;1-28(2,3)24-16-9-17-25-26(24)23-15-8-14-22(27(23)29-25)21-13-7-12-20(18-21)19-10-5-4-6-11-19/h4-17H,1-3H3;4-18H,1-3H3. The van der Waals surface area contributed by atoms with Crippen LogP contribution in [0.1, 0.15) is 52.7 Å². The molecule has 10 aromatic rings. The molecule has 0 aliphatic carbocycles. The molecule has 0 bridgehead atoms. The van der Waals surface area contributed by atoms with Crippen LogP contribution in [0.5, 0.6) is 0 Å². The summed E-state index contributed by atoms with van der Waals surface area (Å²) in [6.07, 6.45) is 0. The zero-order chi connectivity index (χ0) is 42.5. The lowest BCUT2D eigenvalue weighted by atomic mass is 9.83. The molecule has 0 saturated carbocycles. The number of nitro benzene ring substituents is 1. The predicted octanol–water partition coefficient (Wildman–Crippen LogP) is 16.3.